The van der Waals surface area contributed by atoms with Gasteiger partial charge in [-0.2, -0.15) is 0 Å². The monoisotopic (exact) mass is 268 g/mol. The third-order valence-corrected chi connectivity index (χ3v) is 4.45. The summed E-state index contributed by atoms with van der Waals surface area (Å²) in [5.74, 6) is 0.880. The Morgan fingerprint density at radius 2 is 2.11 bits per heavy atom. The summed E-state index contributed by atoms with van der Waals surface area (Å²) < 4.78 is 0. The normalized spacial score (nSPS) is 24.4. The highest BCUT2D eigenvalue weighted by Crippen LogP contribution is 2.25. The Balaban J connectivity index is 2.43. The van der Waals surface area contributed by atoms with Crippen molar-refractivity contribution in [2.45, 2.75) is 77.7 Å². The number of hydrogen-bond donors (Lipinski definition) is 2. The van der Waals surface area contributed by atoms with Crippen LogP contribution in [-0.4, -0.2) is 24.5 Å². The molecule has 0 aromatic carbocycles. The lowest BCUT2D eigenvalue weighted by Crippen LogP contribution is -2.54. The predicted octanol–water partition coefficient (Wildman–Crippen LogP) is 3.24. The molecule has 1 aliphatic rings. The van der Waals surface area contributed by atoms with Gasteiger partial charge in [-0.3, -0.25) is 4.79 Å². The van der Waals surface area contributed by atoms with Crippen molar-refractivity contribution in [3.8, 4) is 0 Å². The topological polar surface area (TPSA) is 41.1 Å². The molecule has 0 aromatic heterocycles. The molecular formula is C16H32N2O. The van der Waals surface area contributed by atoms with Crippen molar-refractivity contribution in [3.63, 3.8) is 0 Å². The maximum Gasteiger partial charge on any atom is 0.240 e. The summed E-state index contributed by atoms with van der Waals surface area (Å²) in [6.07, 6.45) is 9.06. The van der Waals surface area contributed by atoms with Crippen molar-refractivity contribution in [2.75, 3.05) is 13.1 Å². The van der Waals surface area contributed by atoms with Gasteiger partial charge >= 0.3 is 0 Å². The fourth-order valence-electron chi connectivity index (χ4n) is 3.10. The molecule has 1 saturated heterocycles. The Morgan fingerprint density at radius 3 is 2.63 bits per heavy atom. The highest BCUT2D eigenvalue weighted by molar-refractivity contribution is 5.86. The Morgan fingerprint density at radius 1 is 1.32 bits per heavy atom. The smallest absolute Gasteiger partial charge is 0.240 e. The van der Waals surface area contributed by atoms with E-state index in [0.29, 0.717) is 5.92 Å². The van der Waals surface area contributed by atoms with E-state index in [1.165, 1.54) is 19.3 Å². The number of carbonyl (C=O) groups is 1. The van der Waals surface area contributed by atoms with Crippen LogP contribution in [0, 0.1) is 5.92 Å². The Bertz CT molecular complexity index is 259. The minimum atomic E-state index is -0.266. The van der Waals surface area contributed by atoms with Gasteiger partial charge in [-0.25, -0.2) is 0 Å². The minimum Gasteiger partial charge on any atom is -0.354 e. The van der Waals surface area contributed by atoms with Crippen LogP contribution < -0.4 is 10.6 Å². The van der Waals surface area contributed by atoms with Crippen LogP contribution in [0.15, 0.2) is 0 Å². The molecule has 0 radical (unpaired) electrons. The lowest BCUT2D eigenvalue weighted by atomic mass is 9.90. The summed E-state index contributed by atoms with van der Waals surface area (Å²) in [7, 11) is 0. The molecule has 3 nitrogen and oxygen atoms in total. The van der Waals surface area contributed by atoms with Crippen LogP contribution in [0.25, 0.3) is 0 Å². The average Bonchev–Trinajstić information content (AvgIpc) is 2.89. The van der Waals surface area contributed by atoms with Gasteiger partial charge in [0.25, 0.3) is 0 Å². The van der Waals surface area contributed by atoms with E-state index in [0.717, 1.165) is 45.2 Å². The first-order valence-corrected chi connectivity index (χ1v) is 8.21. The molecule has 3 heteroatoms. The van der Waals surface area contributed by atoms with Gasteiger partial charge in [0.2, 0.25) is 5.91 Å². The lowest BCUT2D eigenvalue weighted by molar-refractivity contribution is -0.127. The van der Waals surface area contributed by atoms with E-state index in [4.69, 9.17) is 0 Å². The molecule has 1 rings (SSSR count). The number of hydrogen-bond acceptors (Lipinski definition) is 2. The summed E-state index contributed by atoms with van der Waals surface area (Å²) in [6, 6.07) is 0. The average molecular weight is 268 g/mol. The molecule has 0 bridgehead atoms. The maximum atomic E-state index is 12.5. The minimum absolute atomic E-state index is 0.238. The summed E-state index contributed by atoms with van der Waals surface area (Å²) in [5.41, 5.74) is -0.266. The van der Waals surface area contributed by atoms with Crippen LogP contribution in [0.5, 0.6) is 0 Å². The number of carbonyl (C=O) groups excluding carboxylic acids is 1. The molecule has 1 amide bonds. The summed E-state index contributed by atoms with van der Waals surface area (Å²) in [6.45, 7) is 8.44. The van der Waals surface area contributed by atoms with Gasteiger partial charge in [0.15, 0.2) is 0 Å². The van der Waals surface area contributed by atoms with Crippen molar-refractivity contribution in [3.05, 3.63) is 0 Å². The molecular weight excluding hydrogens is 236 g/mol. The number of nitrogens with one attached hydrogen (secondary N) is 2. The molecule has 0 saturated carbocycles. The second kappa shape index (κ2) is 8.57. The van der Waals surface area contributed by atoms with Crippen LogP contribution in [0.3, 0.4) is 0 Å². The second-order valence-electron chi connectivity index (χ2n) is 5.99. The largest absolute Gasteiger partial charge is 0.354 e. The zero-order chi connectivity index (χ0) is 14.1. The standard InChI is InChI=1S/C16H32N2O/c1-4-7-9-14(6-3)13-17-15(19)16(10-5-2)11-8-12-18-16/h14,18H,4-13H2,1-3H3,(H,17,19). The Labute approximate surface area is 118 Å². The first-order chi connectivity index (χ1) is 9.18. The maximum absolute atomic E-state index is 12.5. The van der Waals surface area contributed by atoms with E-state index in [-0.39, 0.29) is 11.4 Å². The van der Waals surface area contributed by atoms with E-state index in [1.807, 2.05) is 0 Å². The molecule has 0 spiro atoms. The van der Waals surface area contributed by atoms with Crippen molar-refractivity contribution in [1.82, 2.24) is 10.6 Å². The van der Waals surface area contributed by atoms with Crippen molar-refractivity contribution in [1.29, 1.82) is 0 Å². The molecule has 1 fully saturated rings. The summed E-state index contributed by atoms with van der Waals surface area (Å²) in [4.78, 5) is 12.5. The fourth-order valence-corrected chi connectivity index (χ4v) is 3.10. The molecule has 0 aliphatic carbocycles. The molecule has 0 aromatic rings. The highest BCUT2D eigenvalue weighted by atomic mass is 16.2. The Hall–Kier alpha value is -0.570. The highest BCUT2D eigenvalue weighted by Gasteiger charge is 2.39. The molecule has 2 atom stereocenters. The first kappa shape index (κ1) is 16.5. The van der Waals surface area contributed by atoms with Crippen LogP contribution in [0.1, 0.15) is 72.1 Å². The van der Waals surface area contributed by atoms with Gasteiger partial charge in [-0.15, -0.1) is 0 Å². The summed E-state index contributed by atoms with van der Waals surface area (Å²) >= 11 is 0. The van der Waals surface area contributed by atoms with E-state index >= 15 is 0 Å². The number of unbranched alkanes of at least 4 members (excludes halogenated alkanes) is 1. The first-order valence-electron chi connectivity index (χ1n) is 8.21. The molecule has 2 unspecified atom stereocenters. The van der Waals surface area contributed by atoms with Gasteiger partial charge in [0.1, 0.15) is 0 Å². The van der Waals surface area contributed by atoms with Crippen LogP contribution in [0.2, 0.25) is 0 Å². The molecule has 1 aliphatic heterocycles. The Kier molecular flexibility index (Phi) is 7.44. The molecule has 19 heavy (non-hydrogen) atoms. The van der Waals surface area contributed by atoms with Crippen LogP contribution in [-0.2, 0) is 4.79 Å². The van der Waals surface area contributed by atoms with E-state index in [1.54, 1.807) is 0 Å². The van der Waals surface area contributed by atoms with E-state index in [2.05, 4.69) is 31.4 Å². The molecule has 2 N–H and O–H groups in total. The van der Waals surface area contributed by atoms with Crippen LogP contribution in [0.4, 0.5) is 0 Å². The quantitative estimate of drug-likeness (QED) is 0.674. The number of amides is 1. The third-order valence-electron chi connectivity index (χ3n) is 4.45. The van der Waals surface area contributed by atoms with Crippen molar-refractivity contribution >= 4 is 5.91 Å². The van der Waals surface area contributed by atoms with Gasteiger partial charge in [-0.05, 0) is 38.1 Å². The zero-order valence-corrected chi connectivity index (χ0v) is 13.1. The molecule has 112 valence electrons. The third kappa shape index (κ3) is 4.79. The van der Waals surface area contributed by atoms with Crippen molar-refractivity contribution < 1.29 is 4.79 Å². The van der Waals surface area contributed by atoms with Gasteiger partial charge in [-0.1, -0.05) is 46.5 Å². The van der Waals surface area contributed by atoms with E-state index in [9.17, 15) is 4.79 Å². The van der Waals surface area contributed by atoms with Gasteiger partial charge in [0, 0.05) is 6.54 Å². The second-order valence-corrected chi connectivity index (χ2v) is 5.99. The lowest BCUT2D eigenvalue weighted by Gasteiger charge is -2.29. The zero-order valence-electron chi connectivity index (χ0n) is 13.1. The summed E-state index contributed by atoms with van der Waals surface area (Å²) in [5, 5.41) is 6.65. The predicted molar refractivity (Wildman–Crippen MR) is 81.2 cm³/mol. The van der Waals surface area contributed by atoms with E-state index < -0.39 is 0 Å². The molecule has 1 heterocycles. The van der Waals surface area contributed by atoms with Crippen molar-refractivity contribution in [2.24, 2.45) is 5.92 Å². The van der Waals surface area contributed by atoms with Gasteiger partial charge in [0.05, 0.1) is 5.54 Å². The van der Waals surface area contributed by atoms with Crippen LogP contribution >= 0.6 is 0 Å². The van der Waals surface area contributed by atoms with Gasteiger partial charge < -0.3 is 10.6 Å². The fraction of sp³-hybridized carbons (Fsp3) is 0.938. The number of rotatable bonds is 9. The SMILES string of the molecule is CCCCC(CC)CNC(=O)C1(CCC)CCCN1.